The minimum atomic E-state index is 0.849. The second-order valence-corrected chi connectivity index (χ2v) is 19.1. The van der Waals surface area contributed by atoms with Crippen LogP contribution < -0.4 is 4.90 Å². The normalized spacial score (nSPS) is 12.1. The summed E-state index contributed by atoms with van der Waals surface area (Å²) >= 11 is 1.87. The molecule has 4 nitrogen and oxygen atoms in total. The summed E-state index contributed by atoms with van der Waals surface area (Å²) in [6, 6.07) is 83.3. The lowest BCUT2D eigenvalue weighted by Gasteiger charge is -2.25. The number of furan rings is 2. The molecule has 15 aromatic rings. The Morgan fingerprint density at radius 3 is 1.62 bits per heavy atom. The number of anilines is 3. The average molecular weight is 899 g/mol. The van der Waals surface area contributed by atoms with E-state index in [0.717, 1.165) is 77.8 Å². The molecule has 322 valence electrons. The molecule has 0 saturated carbocycles. The zero-order valence-electron chi connectivity index (χ0n) is 37.1. The molecule has 15 rings (SSSR count). The van der Waals surface area contributed by atoms with Crippen LogP contribution in [0.1, 0.15) is 0 Å². The van der Waals surface area contributed by atoms with Crippen molar-refractivity contribution >= 4 is 125 Å². The first-order valence-electron chi connectivity index (χ1n) is 23.4. The van der Waals surface area contributed by atoms with Crippen LogP contribution >= 0.6 is 11.3 Å². The zero-order chi connectivity index (χ0) is 45.2. The predicted octanol–water partition coefficient (Wildman–Crippen LogP) is 18.9. The maximum Gasteiger partial charge on any atom is 0.137 e. The van der Waals surface area contributed by atoms with Gasteiger partial charge in [-0.15, -0.1) is 11.3 Å². The topological polar surface area (TPSA) is 34.5 Å². The second kappa shape index (κ2) is 14.8. The van der Waals surface area contributed by atoms with Crippen molar-refractivity contribution in [3.63, 3.8) is 0 Å². The Labute approximate surface area is 399 Å². The molecule has 5 heteroatoms. The molecule has 0 fully saturated rings. The van der Waals surface area contributed by atoms with Crippen LogP contribution in [0, 0.1) is 0 Å². The fourth-order valence-electron chi connectivity index (χ4n) is 10.9. The van der Waals surface area contributed by atoms with Crippen molar-refractivity contribution < 1.29 is 8.83 Å². The Morgan fingerprint density at radius 2 is 0.899 bits per heavy atom. The summed E-state index contributed by atoms with van der Waals surface area (Å²) in [4.78, 5) is 2.29. The standard InChI is InChI=1S/C64H38N2O2S/c1-2-13-44(14-3-1)66-56-31-23-42(34-54(56)55-35-43-24-32-63-64(53(43)38-57(55)66)52-17-6-9-20-62(52)69-63)41-12-10-11-40(33-41)39-21-25-45(26-22-39)65(46-27-29-50-48-15-4-7-18-58(48)67-60(50)36-46)47-28-30-51-49-16-5-8-19-59(49)68-61(51)37-47/h1-38H. The average Bonchev–Trinajstić information content (AvgIpc) is 4.17. The number of hydrogen-bond acceptors (Lipinski definition) is 4. The maximum absolute atomic E-state index is 6.41. The zero-order valence-corrected chi connectivity index (χ0v) is 37.9. The molecule has 0 unspecified atom stereocenters. The van der Waals surface area contributed by atoms with E-state index in [-0.39, 0.29) is 0 Å². The van der Waals surface area contributed by atoms with Crippen LogP contribution in [0.2, 0.25) is 0 Å². The highest BCUT2D eigenvalue weighted by Gasteiger charge is 2.20. The number of thiophene rings is 1. The predicted molar refractivity (Wildman–Crippen MR) is 291 cm³/mol. The smallest absolute Gasteiger partial charge is 0.137 e. The Kier molecular flexibility index (Phi) is 8.20. The fourth-order valence-corrected chi connectivity index (χ4v) is 12.1. The summed E-state index contributed by atoms with van der Waals surface area (Å²) in [6.45, 7) is 0. The van der Waals surface area contributed by atoms with E-state index < -0.39 is 0 Å². The van der Waals surface area contributed by atoms with Crippen molar-refractivity contribution in [3.05, 3.63) is 231 Å². The van der Waals surface area contributed by atoms with Gasteiger partial charge in [-0.05, 0) is 136 Å². The lowest BCUT2D eigenvalue weighted by Crippen LogP contribution is -2.09. The van der Waals surface area contributed by atoms with Crippen LogP contribution in [-0.2, 0) is 0 Å². The summed E-state index contributed by atoms with van der Waals surface area (Å²) in [5.74, 6) is 0. The van der Waals surface area contributed by atoms with E-state index in [0.29, 0.717) is 0 Å². The Balaban J connectivity index is 0.835. The second-order valence-electron chi connectivity index (χ2n) is 18.1. The summed E-state index contributed by atoms with van der Waals surface area (Å²) in [7, 11) is 0. The number of aromatic nitrogens is 1. The van der Waals surface area contributed by atoms with E-state index in [1.54, 1.807) is 0 Å². The van der Waals surface area contributed by atoms with Gasteiger partial charge in [-0.2, -0.15) is 0 Å². The van der Waals surface area contributed by atoms with Crippen molar-refractivity contribution in [2.45, 2.75) is 0 Å². The van der Waals surface area contributed by atoms with Crippen LogP contribution in [0.15, 0.2) is 239 Å². The number of para-hydroxylation sites is 3. The molecule has 4 heterocycles. The first-order valence-corrected chi connectivity index (χ1v) is 24.2. The van der Waals surface area contributed by atoms with Gasteiger partial charge in [0.05, 0.1) is 11.0 Å². The third-order valence-corrected chi connectivity index (χ3v) is 15.3. The minimum absolute atomic E-state index is 0.849. The van der Waals surface area contributed by atoms with Crippen molar-refractivity contribution in [1.82, 2.24) is 4.57 Å². The third-order valence-electron chi connectivity index (χ3n) is 14.2. The van der Waals surface area contributed by atoms with Gasteiger partial charge in [0.2, 0.25) is 0 Å². The summed E-state index contributed by atoms with van der Waals surface area (Å²) in [6.07, 6.45) is 0. The lowest BCUT2D eigenvalue weighted by atomic mass is 9.97. The molecule has 0 aliphatic heterocycles. The van der Waals surface area contributed by atoms with Gasteiger partial charge in [0.25, 0.3) is 0 Å². The molecular weight excluding hydrogens is 861 g/mol. The van der Waals surface area contributed by atoms with Gasteiger partial charge in [-0.1, -0.05) is 115 Å². The fraction of sp³-hybridized carbons (Fsp3) is 0. The molecule has 0 aliphatic carbocycles. The number of fused-ring (bicyclic) bond motifs is 14. The minimum Gasteiger partial charge on any atom is -0.456 e. The van der Waals surface area contributed by atoms with Gasteiger partial charge in [0.1, 0.15) is 22.3 Å². The Bertz CT molecular complexity index is 4440. The van der Waals surface area contributed by atoms with Crippen LogP contribution in [0.3, 0.4) is 0 Å². The van der Waals surface area contributed by atoms with Crippen LogP contribution in [0.5, 0.6) is 0 Å². The molecule has 0 spiro atoms. The van der Waals surface area contributed by atoms with E-state index >= 15 is 0 Å². The monoisotopic (exact) mass is 898 g/mol. The van der Waals surface area contributed by atoms with E-state index in [4.69, 9.17) is 8.83 Å². The Morgan fingerprint density at radius 1 is 0.319 bits per heavy atom. The Hall–Kier alpha value is -8.90. The number of nitrogens with zero attached hydrogens (tertiary/aromatic N) is 2. The van der Waals surface area contributed by atoms with Crippen LogP contribution in [0.25, 0.3) is 125 Å². The molecule has 0 bridgehead atoms. The van der Waals surface area contributed by atoms with E-state index in [1.807, 2.05) is 35.6 Å². The quantitative estimate of drug-likeness (QED) is 0.167. The number of rotatable bonds is 6. The van der Waals surface area contributed by atoms with Gasteiger partial charge in [0, 0.05) is 87.4 Å². The van der Waals surface area contributed by atoms with Gasteiger partial charge in [-0.3, -0.25) is 0 Å². The highest BCUT2D eigenvalue weighted by atomic mass is 32.1. The molecule has 11 aromatic carbocycles. The van der Waals surface area contributed by atoms with Gasteiger partial charge >= 0.3 is 0 Å². The van der Waals surface area contributed by atoms with E-state index in [2.05, 4.69) is 216 Å². The van der Waals surface area contributed by atoms with Crippen LogP contribution in [-0.4, -0.2) is 4.57 Å². The first kappa shape index (κ1) is 38.2. The van der Waals surface area contributed by atoms with E-state index in [1.165, 1.54) is 63.9 Å². The largest absolute Gasteiger partial charge is 0.456 e. The van der Waals surface area contributed by atoms with Gasteiger partial charge < -0.3 is 18.3 Å². The number of hydrogen-bond donors (Lipinski definition) is 0. The molecule has 0 aliphatic rings. The lowest BCUT2D eigenvalue weighted by molar-refractivity contribution is 0.669. The molecular formula is C64H38N2O2S. The van der Waals surface area contributed by atoms with E-state index in [9.17, 15) is 0 Å². The molecule has 0 amide bonds. The molecule has 0 radical (unpaired) electrons. The molecule has 69 heavy (non-hydrogen) atoms. The summed E-state index contributed by atoms with van der Waals surface area (Å²) in [5, 5.41) is 12.1. The van der Waals surface area contributed by atoms with Crippen molar-refractivity contribution in [2.24, 2.45) is 0 Å². The van der Waals surface area contributed by atoms with Crippen molar-refractivity contribution in [2.75, 3.05) is 4.90 Å². The molecule has 4 aromatic heterocycles. The van der Waals surface area contributed by atoms with Crippen LogP contribution in [0.4, 0.5) is 17.1 Å². The first-order chi connectivity index (χ1) is 34.2. The summed E-state index contributed by atoms with van der Waals surface area (Å²) in [5.41, 5.74) is 14.7. The highest BCUT2D eigenvalue weighted by Crippen LogP contribution is 2.45. The van der Waals surface area contributed by atoms with Crippen molar-refractivity contribution in [3.8, 4) is 27.9 Å². The van der Waals surface area contributed by atoms with Gasteiger partial charge in [0.15, 0.2) is 0 Å². The molecule has 0 N–H and O–H groups in total. The highest BCUT2D eigenvalue weighted by molar-refractivity contribution is 7.26. The molecule has 0 saturated heterocycles. The number of benzene rings is 11. The van der Waals surface area contributed by atoms with Gasteiger partial charge in [-0.25, -0.2) is 0 Å². The summed E-state index contributed by atoms with van der Waals surface area (Å²) < 4.78 is 17.9. The maximum atomic E-state index is 6.41. The SMILES string of the molecule is c1ccc(-n2c3ccc(-c4cccc(-c5ccc(N(c6ccc7c(c6)oc6ccccc67)c6ccc7c(c6)oc6ccccc67)cc5)c4)cc3c3cc4ccc5sc6ccccc6c5c4cc32)cc1. The third kappa shape index (κ3) is 5.94. The van der Waals surface area contributed by atoms with Crippen molar-refractivity contribution in [1.29, 1.82) is 0 Å². The molecule has 0 atom stereocenters.